The van der Waals surface area contributed by atoms with E-state index < -0.39 is 0 Å². The van der Waals surface area contributed by atoms with Crippen LogP contribution in [0.3, 0.4) is 0 Å². The topological polar surface area (TPSA) is 32.3 Å². The normalized spacial score (nSPS) is 14.1. The summed E-state index contributed by atoms with van der Waals surface area (Å²) in [4.78, 5) is 0. The molecule has 0 aliphatic heterocycles. The molecular weight excluding hydrogens is 258 g/mol. The van der Waals surface area contributed by atoms with Gasteiger partial charge in [0.25, 0.3) is 0 Å². The summed E-state index contributed by atoms with van der Waals surface area (Å²) in [6.07, 6.45) is 1.09. The lowest BCUT2D eigenvalue weighted by atomic mass is 9.95. The molecule has 2 N–H and O–H groups in total. The van der Waals surface area contributed by atoms with Crippen molar-refractivity contribution in [3.63, 3.8) is 0 Å². The maximum Gasteiger partial charge on any atom is 0.115 e. The Kier molecular flexibility index (Phi) is 5.40. The maximum atomic E-state index is 9.63. The van der Waals surface area contributed by atoms with Gasteiger partial charge in [-0.05, 0) is 42.5 Å². The van der Waals surface area contributed by atoms with Crippen molar-refractivity contribution in [2.24, 2.45) is 5.92 Å². The molecule has 21 heavy (non-hydrogen) atoms. The summed E-state index contributed by atoms with van der Waals surface area (Å²) in [6.45, 7) is 6.64. The van der Waals surface area contributed by atoms with Gasteiger partial charge in [-0.15, -0.1) is 0 Å². The predicted octanol–water partition coefficient (Wildman–Crippen LogP) is 4.83. The van der Waals surface area contributed by atoms with Crippen LogP contribution in [0.1, 0.15) is 50.4 Å². The molecule has 0 radical (unpaired) electrons. The van der Waals surface area contributed by atoms with Crippen molar-refractivity contribution in [2.75, 3.05) is 0 Å². The van der Waals surface area contributed by atoms with Gasteiger partial charge in [-0.2, -0.15) is 0 Å². The van der Waals surface area contributed by atoms with Crippen molar-refractivity contribution in [1.82, 2.24) is 5.32 Å². The van der Waals surface area contributed by atoms with Crippen LogP contribution in [0.5, 0.6) is 5.75 Å². The second-order valence-corrected chi connectivity index (χ2v) is 6.08. The van der Waals surface area contributed by atoms with Gasteiger partial charge in [0.2, 0.25) is 0 Å². The SMILES string of the molecule is CC(C)CC(NC(C)c1cccc(O)c1)c1ccccc1. The number of aromatic hydroxyl groups is 1. The number of hydrogen-bond donors (Lipinski definition) is 2. The highest BCUT2D eigenvalue weighted by Gasteiger charge is 2.16. The zero-order valence-electron chi connectivity index (χ0n) is 13.1. The highest BCUT2D eigenvalue weighted by Crippen LogP contribution is 2.26. The largest absolute Gasteiger partial charge is 0.508 e. The highest BCUT2D eigenvalue weighted by atomic mass is 16.3. The Morgan fingerprint density at radius 3 is 2.19 bits per heavy atom. The number of rotatable bonds is 6. The standard InChI is InChI=1S/C19H25NO/c1-14(2)12-19(16-8-5-4-6-9-16)20-15(3)17-10-7-11-18(21)13-17/h4-11,13-15,19-21H,12H2,1-3H3. The summed E-state index contributed by atoms with van der Waals surface area (Å²) in [5.41, 5.74) is 2.43. The molecule has 0 saturated carbocycles. The second kappa shape index (κ2) is 7.28. The number of benzene rings is 2. The van der Waals surface area contributed by atoms with Crippen molar-refractivity contribution in [1.29, 1.82) is 0 Å². The number of hydrogen-bond acceptors (Lipinski definition) is 2. The molecule has 0 spiro atoms. The molecule has 2 heteroatoms. The van der Waals surface area contributed by atoms with Crippen LogP contribution >= 0.6 is 0 Å². The summed E-state index contributed by atoms with van der Waals surface area (Å²) >= 11 is 0. The van der Waals surface area contributed by atoms with Gasteiger partial charge in [0, 0.05) is 12.1 Å². The summed E-state index contributed by atoms with van der Waals surface area (Å²) in [6, 6.07) is 18.6. The van der Waals surface area contributed by atoms with E-state index in [-0.39, 0.29) is 6.04 Å². The van der Waals surface area contributed by atoms with E-state index in [0.717, 1.165) is 12.0 Å². The molecule has 112 valence electrons. The summed E-state index contributed by atoms with van der Waals surface area (Å²) in [5.74, 6) is 0.945. The van der Waals surface area contributed by atoms with E-state index in [1.165, 1.54) is 5.56 Å². The van der Waals surface area contributed by atoms with Crippen LogP contribution in [-0.4, -0.2) is 5.11 Å². The van der Waals surface area contributed by atoms with Gasteiger partial charge in [0.05, 0.1) is 0 Å². The number of phenolic OH excluding ortho intramolecular Hbond substituents is 1. The van der Waals surface area contributed by atoms with Crippen LogP contribution in [0.15, 0.2) is 54.6 Å². The van der Waals surface area contributed by atoms with E-state index in [1.54, 1.807) is 6.07 Å². The van der Waals surface area contributed by atoms with Gasteiger partial charge >= 0.3 is 0 Å². The van der Waals surface area contributed by atoms with Gasteiger partial charge < -0.3 is 10.4 Å². The molecule has 0 bridgehead atoms. The Hall–Kier alpha value is -1.80. The molecule has 2 nitrogen and oxygen atoms in total. The number of nitrogens with one attached hydrogen (secondary N) is 1. The maximum absolute atomic E-state index is 9.63. The van der Waals surface area contributed by atoms with E-state index in [0.29, 0.717) is 17.7 Å². The van der Waals surface area contributed by atoms with Crippen LogP contribution in [0, 0.1) is 5.92 Å². The van der Waals surface area contributed by atoms with E-state index in [4.69, 9.17) is 0 Å². The minimum atomic E-state index is 0.195. The smallest absolute Gasteiger partial charge is 0.115 e. The van der Waals surface area contributed by atoms with Crippen LogP contribution < -0.4 is 5.32 Å². The molecule has 2 aromatic rings. The molecule has 0 heterocycles. The van der Waals surface area contributed by atoms with E-state index in [2.05, 4.69) is 62.5 Å². The second-order valence-electron chi connectivity index (χ2n) is 6.08. The summed E-state index contributed by atoms with van der Waals surface area (Å²) < 4.78 is 0. The first kappa shape index (κ1) is 15.6. The summed E-state index contributed by atoms with van der Waals surface area (Å²) in [7, 11) is 0. The Bertz CT molecular complexity index is 551. The molecule has 0 aromatic heterocycles. The Balaban J connectivity index is 2.15. The lowest BCUT2D eigenvalue weighted by Crippen LogP contribution is -2.26. The van der Waals surface area contributed by atoms with Gasteiger partial charge in [-0.1, -0.05) is 56.3 Å². The van der Waals surface area contributed by atoms with Crippen LogP contribution in [0.25, 0.3) is 0 Å². The lowest BCUT2D eigenvalue weighted by molar-refractivity contribution is 0.393. The molecule has 0 aliphatic rings. The Morgan fingerprint density at radius 1 is 0.905 bits per heavy atom. The summed E-state index contributed by atoms with van der Waals surface area (Å²) in [5, 5.41) is 13.3. The Labute approximate surface area is 127 Å². The zero-order chi connectivity index (χ0) is 15.2. The van der Waals surface area contributed by atoms with Gasteiger partial charge in [-0.3, -0.25) is 0 Å². The molecule has 2 aromatic carbocycles. The van der Waals surface area contributed by atoms with Gasteiger partial charge in [-0.25, -0.2) is 0 Å². The fourth-order valence-corrected chi connectivity index (χ4v) is 2.65. The third-order valence-corrected chi connectivity index (χ3v) is 3.73. The quantitative estimate of drug-likeness (QED) is 0.795. The van der Waals surface area contributed by atoms with Crippen molar-refractivity contribution in [3.8, 4) is 5.75 Å². The molecule has 0 aliphatic carbocycles. The van der Waals surface area contributed by atoms with Gasteiger partial charge in [0.1, 0.15) is 5.75 Å². The average molecular weight is 283 g/mol. The minimum Gasteiger partial charge on any atom is -0.508 e. The highest BCUT2D eigenvalue weighted by molar-refractivity contribution is 5.29. The lowest BCUT2D eigenvalue weighted by Gasteiger charge is -2.25. The third kappa shape index (κ3) is 4.61. The van der Waals surface area contributed by atoms with Crippen LogP contribution in [0.4, 0.5) is 0 Å². The molecule has 2 unspecified atom stereocenters. The molecule has 0 fully saturated rings. The first-order valence-corrected chi connectivity index (χ1v) is 7.66. The first-order chi connectivity index (χ1) is 10.1. The molecule has 2 atom stereocenters. The van der Waals surface area contributed by atoms with Crippen LogP contribution in [-0.2, 0) is 0 Å². The van der Waals surface area contributed by atoms with Crippen LogP contribution in [0.2, 0.25) is 0 Å². The predicted molar refractivity (Wildman–Crippen MR) is 88.3 cm³/mol. The van der Waals surface area contributed by atoms with E-state index >= 15 is 0 Å². The average Bonchev–Trinajstić information content (AvgIpc) is 2.47. The molecule has 0 saturated heterocycles. The van der Waals surface area contributed by atoms with E-state index in [9.17, 15) is 5.11 Å². The first-order valence-electron chi connectivity index (χ1n) is 7.66. The fourth-order valence-electron chi connectivity index (χ4n) is 2.65. The van der Waals surface area contributed by atoms with Crippen molar-refractivity contribution >= 4 is 0 Å². The monoisotopic (exact) mass is 283 g/mol. The fraction of sp³-hybridized carbons (Fsp3) is 0.368. The Morgan fingerprint density at radius 2 is 1.57 bits per heavy atom. The molecular formula is C19H25NO. The van der Waals surface area contributed by atoms with Crippen molar-refractivity contribution in [2.45, 2.75) is 39.3 Å². The van der Waals surface area contributed by atoms with Crippen molar-refractivity contribution in [3.05, 3.63) is 65.7 Å². The molecule has 0 amide bonds. The third-order valence-electron chi connectivity index (χ3n) is 3.73. The minimum absolute atomic E-state index is 0.195. The van der Waals surface area contributed by atoms with E-state index in [1.807, 2.05) is 12.1 Å². The zero-order valence-corrected chi connectivity index (χ0v) is 13.1. The van der Waals surface area contributed by atoms with Gasteiger partial charge in [0.15, 0.2) is 0 Å². The molecule has 2 rings (SSSR count). The van der Waals surface area contributed by atoms with Crippen molar-refractivity contribution < 1.29 is 5.11 Å². The number of phenols is 1.